The summed E-state index contributed by atoms with van der Waals surface area (Å²) in [6.07, 6.45) is 3.09. The Bertz CT molecular complexity index is 1200. The summed E-state index contributed by atoms with van der Waals surface area (Å²) in [7, 11) is 0. The summed E-state index contributed by atoms with van der Waals surface area (Å²) >= 11 is 6.39. The molecule has 2 fully saturated rings. The average Bonchev–Trinajstić information content (AvgIpc) is 3.36. The number of benzene rings is 2. The van der Waals surface area contributed by atoms with E-state index in [0.717, 1.165) is 11.1 Å². The van der Waals surface area contributed by atoms with Crippen molar-refractivity contribution in [1.82, 2.24) is 15.1 Å². The number of nitrogens with one attached hydrogen (secondary N) is 1. The molecule has 0 bridgehead atoms. The Kier molecular flexibility index (Phi) is 6.87. The summed E-state index contributed by atoms with van der Waals surface area (Å²) in [5.74, 6) is 0.417. The number of urea groups is 1. The van der Waals surface area contributed by atoms with Crippen molar-refractivity contribution in [3.8, 4) is 11.5 Å². The molecule has 3 unspecified atom stereocenters. The molecule has 1 saturated carbocycles. The first-order valence-corrected chi connectivity index (χ1v) is 12.5. The Balaban J connectivity index is 1.31. The predicted octanol–water partition coefficient (Wildman–Crippen LogP) is 4.12. The Morgan fingerprint density at radius 2 is 1.94 bits per heavy atom. The molecule has 2 aliphatic heterocycles. The van der Waals surface area contributed by atoms with Crippen molar-refractivity contribution in [2.45, 2.75) is 38.4 Å². The highest BCUT2D eigenvalue weighted by Crippen LogP contribution is 2.39. The van der Waals surface area contributed by atoms with Gasteiger partial charge < -0.3 is 19.7 Å². The minimum absolute atomic E-state index is 0.0859. The highest BCUT2D eigenvalue weighted by molar-refractivity contribution is 6.31. The number of hydrogen-bond acceptors (Lipinski definition) is 5. The SMILES string of the molecule is C=CCN1C(=O)C2CCC(C(=O)NCc3ccc4c(c3)OCO4)CC2N(Cc2ccccc2Cl)C1=O. The van der Waals surface area contributed by atoms with Crippen LogP contribution in [-0.2, 0) is 22.7 Å². The minimum Gasteiger partial charge on any atom is -0.454 e. The summed E-state index contributed by atoms with van der Waals surface area (Å²) in [6, 6.07) is 12.2. The smallest absolute Gasteiger partial charge is 0.327 e. The fraction of sp³-hybridized carbons (Fsp3) is 0.370. The van der Waals surface area contributed by atoms with Gasteiger partial charge in [-0.05, 0) is 48.6 Å². The highest BCUT2D eigenvalue weighted by atomic mass is 35.5. The number of nitrogens with zero attached hydrogens (tertiary/aromatic N) is 2. The summed E-state index contributed by atoms with van der Waals surface area (Å²) in [6.45, 7) is 4.67. The Hall–Kier alpha value is -3.52. The van der Waals surface area contributed by atoms with Gasteiger partial charge in [0.2, 0.25) is 18.6 Å². The molecular weight excluding hydrogens is 482 g/mol. The molecule has 8 nitrogen and oxygen atoms in total. The quantitative estimate of drug-likeness (QED) is 0.567. The Labute approximate surface area is 214 Å². The molecule has 188 valence electrons. The average molecular weight is 510 g/mol. The van der Waals surface area contributed by atoms with Crippen LogP contribution in [0.25, 0.3) is 0 Å². The van der Waals surface area contributed by atoms with Crippen LogP contribution in [0.4, 0.5) is 4.79 Å². The van der Waals surface area contributed by atoms with Crippen LogP contribution in [0.5, 0.6) is 11.5 Å². The molecule has 0 spiro atoms. The van der Waals surface area contributed by atoms with Crippen LogP contribution < -0.4 is 14.8 Å². The number of hydrogen-bond donors (Lipinski definition) is 1. The van der Waals surface area contributed by atoms with E-state index in [0.29, 0.717) is 42.3 Å². The van der Waals surface area contributed by atoms with Crippen LogP contribution in [-0.4, -0.2) is 47.0 Å². The fourth-order valence-corrected chi connectivity index (χ4v) is 5.48. The normalized spacial score (nSPS) is 22.9. The third-order valence-corrected chi connectivity index (χ3v) is 7.53. The number of carbonyl (C=O) groups is 3. The summed E-state index contributed by atoms with van der Waals surface area (Å²) in [5, 5.41) is 3.57. The van der Waals surface area contributed by atoms with Gasteiger partial charge in [-0.2, -0.15) is 0 Å². The van der Waals surface area contributed by atoms with Crippen molar-refractivity contribution < 1.29 is 23.9 Å². The van der Waals surface area contributed by atoms with E-state index in [1.54, 1.807) is 17.0 Å². The van der Waals surface area contributed by atoms with Gasteiger partial charge in [-0.25, -0.2) is 4.79 Å². The van der Waals surface area contributed by atoms with Crippen molar-refractivity contribution in [3.05, 3.63) is 71.3 Å². The van der Waals surface area contributed by atoms with E-state index in [1.807, 2.05) is 36.4 Å². The summed E-state index contributed by atoms with van der Waals surface area (Å²) in [4.78, 5) is 42.7. The summed E-state index contributed by atoms with van der Waals surface area (Å²) in [5.41, 5.74) is 1.71. The van der Waals surface area contributed by atoms with Crippen LogP contribution >= 0.6 is 11.6 Å². The molecule has 4 amide bonds. The number of ether oxygens (including phenoxy) is 2. The maximum absolute atomic E-state index is 13.4. The van der Waals surface area contributed by atoms with E-state index >= 15 is 0 Å². The lowest BCUT2D eigenvalue weighted by molar-refractivity contribution is -0.143. The summed E-state index contributed by atoms with van der Waals surface area (Å²) < 4.78 is 10.8. The molecule has 3 atom stereocenters. The van der Waals surface area contributed by atoms with E-state index < -0.39 is 0 Å². The molecule has 3 aliphatic rings. The second-order valence-corrected chi connectivity index (χ2v) is 9.74. The number of rotatable bonds is 7. The third kappa shape index (κ3) is 4.65. The van der Waals surface area contributed by atoms with Crippen LogP contribution in [0.3, 0.4) is 0 Å². The van der Waals surface area contributed by atoms with E-state index in [-0.39, 0.29) is 55.6 Å². The largest absolute Gasteiger partial charge is 0.454 e. The van der Waals surface area contributed by atoms with Gasteiger partial charge in [-0.15, -0.1) is 6.58 Å². The molecule has 1 N–H and O–H groups in total. The second kappa shape index (κ2) is 10.2. The first-order valence-electron chi connectivity index (χ1n) is 12.1. The van der Waals surface area contributed by atoms with Crippen molar-refractivity contribution in [3.63, 3.8) is 0 Å². The fourth-order valence-electron chi connectivity index (χ4n) is 5.29. The van der Waals surface area contributed by atoms with Gasteiger partial charge in [0, 0.05) is 36.6 Å². The maximum atomic E-state index is 13.4. The molecule has 2 aromatic rings. The van der Waals surface area contributed by atoms with Crippen LogP contribution in [0.1, 0.15) is 30.4 Å². The Morgan fingerprint density at radius 3 is 2.75 bits per heavy atom. The van der Waals surface area contributed by atoms with Crippen LogP contribution in [0.15, 0.2) is 55.1 Å². The van der Waals surface area contributed by atoms with Crippen LogP contribution in [0, 0.1) is 11.8 Å². The molecule has 2 heterocycles. The lowest BCUT2D eigenvalue weighted by Crippen LogP contribution is -2.63. The Morgan fingerprint density at radius 1 is 1.14 bits per heavy atom. The van der Waals surface area contributed by atoms with Gasteiger partial charge in [-0.3, -0.25) is 14.5 Å². The van der Waals surface area contributed by atoms with E-state index in [2.05, 4.69) is 11.9 Å². The van der Waals surface area contributed by atoms with E-state index in [1.165, 1.54) is 4.90 Å². The molecule has 9 heteroatoms. The van der Waals surface area contributed by atoms with Crippen molar-refractivity contribution in [1.29, 1.82) is 0 Å². The number of fused-ring (bicyclic) bond motifs is 2. The lowest BCUT2D eigenvalue weighted by Gasteiger charge is -2.48. The van der Waals surface area contributed by atoms with E-state index in [4.69, 9.17) is 21.1 Å². The molecular formula is C27H28ClN3O5. The van der Waals surface area contributed by atoms with Gasteiger partial charge in [0.1, 0.15) is 0 Å². The molecule has 36 heavy (non-hydrogen) atoms. The number of imide groups is 1. The molecule has 2 aromatic carbocycles. The third-order valence-electron chi connectivity index (χ3n) is 7.16. The van der Waals surface area contributed by atoms with Gasteiger partial charge >= 0.3 is 6.03 Å². The number of carbonyl (C=O) groups excluding carboxylic acids is 3. The highest BCUT2D eigenvalue weighted by Gasteiger charge is 2.49. The molecule has 1 saturated heterocycles. The zero-order chi connectivity index (χ0) is 25.2. The topological polar surface area (TPSA) is 88.2 Å². The van der Waals surface area contributed by atoms with Gasteiger partial charge in [0.05, 0.1) is 5.92 Å². The zero-order valence-electron chi connectivity index (χ0n) is 19.8. The molecule has 5 rings (SSSR count). The van der Waals surface area contributed by atoms with Crippen molar-refractivity contribution >= 4 is 29.4 Å². The van der Waals surface area contributed by atoms with Crippen LogP contribution in [0.2, 0.25) is 5.02 Å². The monoisotopic (exact) mass is 509 g/mol. The van der Waals surface area contributed by atoms with Crippen molar-refractivity contribution in [2.75, 3.05) is 13.3 Å². The molecule has 0 radical (unpaired) electrons. The molecule has 0 aromatic heterocycles. The van der Waals surface area contributed by atoms with Gasteiger partial charge in [0.25, 0.3) is 0 Å². The first kappa shape index (κ1) is 24.2. The first-order chi connectivity index (χ1) is 17.5. The van der Waals surface area contributed by atoms with Gasteiger partial charge in [0.15, 0.2) is 11.5 Å². The second-order valence-electron chi connectivity index (χ2n) is 9.33. The van der Waals surface area contributed by atoms with Crippen molar-refractivity contribution in [2.24, 2.45) is 11.8 Å². The number of halogens is 1. The van der Waals surface area contributed by atoms with E-state index in [9.17, 15) is 14.4 Å². The maximum Gasteiger partial charge on any atom is 0.327 e. The standard InChI is InChI=1S/C27H28ClN3O5/c1-2-11-30-26(33)20-9-8-18(25(32)29-14-17-7-10-23-24(12-17)36-16-35-23)13-22(20)31(27(30)34)15-19-5-3-4-6-21(19)28/h2-7,10,12,18,20,22H,1,8-9,11,13-16H2,(H,29,32). The minimum atomic E-state index is -0.377. The zero-order valence-corrected chi connectivity index (χ0v) is 20.6. The predicted molar refractivity (Wildman–Crippen MR) is 133 cm³/mol. The molecule has 1 aliphatic carbocycles. The van der Waals surface area contributed by atoms with Gasteiger partial charge in [-0.1, -0.05) is 41.9 Å². The number of amides is 4. The lowest BCUT2D eigenvalue weighted by atomic mass is 9.75.